The van der Waals surface area contributed by atoms with Crippen LogP contribution in [0.4, 0.5) is 5.82 Å². The zero-order chi connectivity index (χ0) is 11.7. The van der Waals surface area contributed by atoms with Crippen molar-refractivity contribution in [1.29, 1.82) is 0 Å². The molecule has 17 heavy (non-hydrogen) atoms. The fraction of sp³-hybridized carbons (Fsp3) is 0.455. The van der Waals surface area contributed by atoms with Gasteiger partial charge in [-0.15, -0.1) is 0 Å². The van der Waals surface area contributed by atoms with Crippen LogP contribution in [-0.2, 0) is 10.8 Å². The summed E-state index contributed by atoms with van der Waals surface area (Å²) in [7, 11) is -0.616. The zero-order valence-corrected chi connectivity index (χ0v) is 10.2. The Labute approximate surface area is 102 Å². The van der Waals surface area contributed by atoms with Crippen LogP contribution in [0, 0.1) is 0 Å². The maximum Gasteiger partial charge on any atom is 0.152 e. The van der Waals surface area contributed by atoms with E-state index in [1.54, 1.807) is 16.9 Å². The van der Waals surface area contributed by atoms with E-state index in [0.717, 1.165) is 35.7 Å². The standard InChI is InChI=1S/C11H14N4OS/c16-17-7-2-9(3-8-17)14-11-10-1-4-13-15(10)6-5-12-11/h1,4-6,9H,2-3,7-8H2,(H,12,14). The molecular weight excluding hydrogens is 236 g/mol. The van der Waals surface area contributed by atoms with Crippen LogP contribution in [0.15, 0.2) is 24.7 Å². The summed E-state index contributed by atoms with van der Waals surface area (Å²) in [5, 5.41) is 7.60. The average Bonchev–Trinajstić information content (AvgIpc) is 2.81. The molecule has 3 heterocycles. The molecule has 2 aromatic heterocycles. The van der Waals surface area contributed by atoms with Crippen LogP contribution < -0.4 is 5.32 Å². The van der Waals surface area contributed by atoms with Crippen molar-refractivity contribution >= 4 is 22.1 Å². The lowest BCUT2D eigenvalue weighted by molar-refractivity contribution is 0.622. The molecule has 1 aliphatic rings. The van der Waals surface area contributed by atoms with Crippen LogP contribution in [0.5, 0.6) is 0 Å². The van der Waals surface area contributed by atoms with E-state index in [1.807, 2.05) is 12.3 Å². The predicted molar refractivity (Wildman–Crippen MR) is 67.5 cm³/mol. The first-order chi connectivity index (χ1) is 8.33. The Bertz CT molecular complexity index is 543. The van der Waals surface area contributed by atoms with Gasteiger partial charge >= 0.3 is 0 Å². The molecule has 0 saturated carbocycles. The van der Waals surface area contributed by atoms with E-state index in [1.165, 1.54) is 0 Å². The summed E-state index contributed by atoms with van der Waals surface area (Å²) in [6, 6.07) is 2.32. The summed E-state index contributed by atoms with van der Waals surface area (Å²) in [5.74, 6) is 2.45. The summed E-state index contributed by atoms with van der Waals surface area (Å²) in [4.78, 5) is 4.34. The molecule has 0 atom stereocenters. The van der Waals surface area contributed by atoms with E-state index in [2.05, 4.69) is 15.4 Å². The maximum absolute atomic E-state index is 11.3. The van der Waals surface area contributed by atoms with Crippen molar-refractivity contribution in [2.45, 2.75) is 18.9 Å². The van der Waals surface area contributed by atoms with Crippen molar-refractivity contribution < 1.29 is 4.21 Å². The highest BCUT2D eigenvalue weighted by atomic mass is 32.2. The minimum Gasteiger partial charge on any atom is -0.365 e. The molecule has 5 nitrogen and oxygen atoms in total. The van der Waals surface area contributed by atoms with Gasteiger partial charge in [-0.3, -0.25) is 4.21 Å². The van der Waals surface area contributed by atoms with E-state index in [9.17, 15) is 4.21 Å². The topological polar surface area (TPSA) is 59.3 Å². The second kappa shape index (κ2) is 4.44. The first-order valence-corrected chi connectivity index (χ1v) is 7.21. The second-order valence-corrected chi connectivity index (χ2v) is 5.90. The van der Waals surface area contributed by atoms with E-state index in [4.69, 9.17) is 0 Å². The molecule has 0 radical (unpaired) electrons. The number of aromatic nitrogens is 3. The molecule has 0 bridgehead atoms. The van der Waals surface area contributed by atoms with Gasteiger partial charge in [0.1, 0.15) is 5.52 Å². The summed E-state index contributed by atoms with van der Waals surface area (Å²) in [6.45, 7) is 0. The third-order valence-electron chi connectivity index (χ3n) is 3.05. The van der Waals surface area contributed by atoms with Crippen molar-refractivity contribution in [2.24, 2.45) is 0 Å². The van der Waals surface area contributed by atoms with E-state index >= 15 is 0 Å². The molecule has 90 valence electrons. The summed E-state index contributed by atoms with van der Waals surface area (Å²) in [5.41, 5.74) is 0.985. The Morgan fingerprint density at radius 2 is 2.18 bits per heavy atom. The lowest BCUT2D eigenvalue weighted by Crippen LogP contribution is -2.29. The molecule has 3 rings (SSSR count). The monoisotopic (exact) mass is 250 g/mol. The van der Waals surface area contributed by atoms with Gasteiger partial charge in [0.05, 0.1) is 6.20 Å². The maximum atomic E-state index is 11.3. The van der Waals surface area contributed by atoms with Gasteiger partial charge in [-0.1, -0.05) is 0 Å². The zero-order valence-electron chi connectivity index (χ0n) is 9.37. The SMILES string of the molecule is O=S1CCC(Nc2nccn3nccc23)CC1. The van der Waals surface area contributed by atoms with E-state index in [-0.39, 0.29) is 0 Å². The van der Waals surface area contributed by atoms with Gasteiger partial charge in [-0.2, -0.15) is 5.10 Å². The lowest BCUT2D eigenvalue weighted by Gasteiger charge is -2.23. The summed E-state index contributed by atoms with van der Waals surface area (Å²) >= 11 is 0. The lowest BCUT2D eigenvalue weighted by atomic mass is 10.1. The van der Waals surface area contributed by atoms with Gasteiger partial charge in [0, 0.05) is 40.7 Å². The van der Waals surface area contributed by atoms with Crippen LogP contribution in [0.3, 0.4) is 0 Å². The molecule has 0 aliphatic carbocycles. The third-order valence-corrected chi connectivity index (χ3v) is 4.44. The van der Waals surface area contributed by atoms with Crippen molar-refractivity contribution in [3.63, 3.8) is 0 Å². The van der Waals surface area contributed by atoms with Gasteiger partial charge < -0.3 is 5.32 Å². The second-order valence-electron chi connectivity index (χ2n) is 4.20. The Hall–Kier alpha value is -1.43. The highest BCUT2D eigenvalue weighted by Gasteiger charge is 2.18. The molecule has 1 aliphatic heterocycles. The van der Waals surface area contributed by atoms with Crippen molar-refractivity contribution in [3.8, 4) is 0 Å². The predicted octanol–water partition coefficient (Wildman–Crippen LogP) is 1.05. The molecule has 2 aromatic rings. The van der Waals surface area contributed by atoms with Crippen molar-refractivity contribution in [1.82, 2.24) is 14.6 Å². The molecule has 1 fully saturated rings. The third kappa shape index (κ3) is 2.17. The summed E-state index contributed by atoms with van der Waals surface area (Å²) in [6.07, 6.45) is 7.23. The van der Waals surface area contributed by atoms with Gasteiger partial charge in [0.2, 0.25) is 0 Å². The number of anilines is 1. The van der Waals surface area contributed by atoms with Crippen LogP contribution in [-0.4, -0.2) is 36.4 Å². The summed E-state index contributed by atoms with van der Waals surface area (Å²) < 4.78 is 13.1. The van der Waals surface area contributed by atoms with E-state index < -0.39 is 10.8 Å². The smallest absolute Gasteiger partial charge is 0.152 e. The normalized spacial score (nSPS) is 24.9. The van der Waals surface area contributed by atoms with Crippen molar-refractivity contribution in [3.05, 3.63) is 24.7 Å². The fourth-order valence-corrected chi connectivity index (χ4v) is 3.40. The quantitative estimate of drug-likeness (QED) is 0.865. The molecule has 1 saturated heterocycles. The Morgan fingerprint density at radius 3 is 3.00 bits per heavy atom. The number of hydrogen-bond acceptors (Lipinski definition) is 4. The van der Waals surface area contributed by atoms with Crippen LogP contribution in [0.2, 0.25) is 0 Å². The van der Waals surface area contributed by atoms with Crippen molar-refractivity contribution in [2.75, 3.05) is 16.8 Å². The average molecular weight is 250 g/mol. The van der Waals surface area contributed by atoms with Crippen LogP contribution >= 0.6 is 0 Å². The number of rotatable bonds is 2. The van der Waals surface area contributed by atoms with E-state index in [0.29, 0.717) is 6.04 Å². The highest BCUT2D eigenvalue weighted by Crippen LogP contribution is 2.18. The number of nitrogens with zero attached hydrogens (tertiary/aromatic N) is 3. The molecule has 0 amide bonds. The first kappa shape index (κ1) is 10.7. The Kier molecular flexibility index (Phi) is 2.80. The number of nitrogens with one attached hydrogen (secondary N) is 1. The van der Waals surface area contributed by atoms with Crippen LogP contribution in [0.25, 0.3) is 5.52 Å². The minimum absolute atomic E-state index is 0.376. The van der Waals surface area contributed by atoms with Gasteiger partial charge in [0.15, 0.2) is 5.82 Å². The van der Waals surface area contributed by atoms with Gasteiger partial charge in [-0.25, -0.2) is 9.50 Å². The molecule has 0 aromatic carbocycles. The number of hydrogen-bond donors (Lipinski definition) is 1. The molecule has 0 unspecified atom stereocenters. The largest absolute Gasteiger partial charge is 0.365 e. The highest BCUT2D eigenvalue weighted by molar-refractivity contribution is 7.85. The first-order valence-electron chi connectivity index (χ1n) is 5.73. The van der Waals surface area contributed by atoms with Crippen LogP contribution in [0.1, 0.15) is 12.8 Å². The molecule has 6 heteroatoms. The number of fused-ring (bicyclic) bond motifs is 1. The Balaban J connectivity index is 1.80. The van der Waals surface area contributed by atoms with Gasteiger partial charge in [0.25, 0.3) is 0 Å². The molecule has 0 spiro atoms. The van der Waals surface area contributed by atoms with Gasteiger partial charge in [-0.05, 0) is 18.9 Å². The minimum atomic E-state index is -0.616. The molecular formula is C11H14N4OS. The molecule has 1 N–H and O–H groups in total. The Morgan fingerprint density at radius 1 is 1.35 bits per heavy atom. The fourth-order valence-electron chi connectivity index (χ4n) is 2.10.